The van der Waals surface area contributed by atoms with Crippen molar-refractivity contribution in [2.24, 2.45) is 17.8 Å². The Balaban J connectivity index is 1.84. The van der Waals surface area contributed by atoms with Crippen molar-refractivity contribution in [1.82, 2.24) is 4.90 Å². The SMILES string of the molecule is C=CCCOC(=O)[C@@H]1[C@H]2C(=O)N([C@@H](CO)C(C)C)C(C(=O)N(CC=C)c3ccccc3Cl)C23CC[C@@]1(C)O3. The van der Waals surface area contributed by atoms with Gasteiger partial charge in [-0.15, -0.1) is 13.2 Å². The van der Waals surface area contributed by atoms with Crippen LogP contribution >= 0.6 is 11.6 Å². The van der Waals surface area contributed by atoms with Crippen LogP contribution in [0.5, 0.6) is 0 Å². The standard InChI is InChI=1S/C29H37ClN2O6/c1-6-8-16-37-27(36)23-22-25(34)32(21(17-33)18(3)4)24(29(22)14-13-28(23,5)38-29)26(35)31(15-7-2)20-12-10-9-11-19(20)30/h6-7,9-12,18,21-24,33H,1-2,8,13-17H2,3-5H3/t21-,22-,23-,24?,28+,29?/m0/s1. The van der Waals surface area contributed by atoms with Crippen LogP contribution in [0.3, 0.4) is 0 Å². The Labute approximate surface area is 229 Å². The molecule has 206 valence electrons. The number of amides is 2. The second kappa shape index (κ2) is 10.8. The first-order valence-electron chi connectivity index (χ1n) is 13.2. The fourth-order valence-electron chi connectivity index (χ4n) is 6.57. The minimum absolute atomic E-state index is 0.150. The Morgan fingerprint density at radius 3 is 2.61 bits per heavy atom. The first-order chi connectivity index (χ1) is 18.1. The summed E-state index contributed by atoms with van der Waals surface area (Å²) in [6.07, 6.45) is 4.65. The first-order valence-corrected chi connectivity index (χ1v) is 13.5. The van der Waals surface area contributed by atoms with E-state index in [0.717, 1.165) is 0 Å². The zero-order valence-corrected chi connectivity index (χ0v) is 23.0. The third-order valence-corrected chi connectivity index (χ3v) is 8.62. The third-order valence-electron chi connectivity index (χ3n) is 8.30. The van der Waals surface area contributed by atoms with Crippen LogP contribution < -0.4 is 4.90 Å². The predicted octanol–water partition coefficient (Wildman–Crippen LogP) is 3.76. The van der Waals surface area contributed by atoms with Crippen LogP contribution in [0, 0.1) is 17.8 Å². The number of carbonyl (C=O) groups is 3. The summed E-state index contributed by atoms with van der Waals surface area (Å²) in [5.41, 5.74) is -1.71. The van der Waals surface area contributed by atoms with Crippen LogP contribution in [0.25, 0.3) is 0 Å². The van der Waals surface area contributed by atoms with Gasteiger partial charge in [0, 0.05) is 6.54 Å². The minimum Gasteiger partial charge on any atom is -0.465 e. The molecule has 1 aromatic carbocycles. The molecule has 3 aliphatic heterocycles. The average Bonchev–Trinajstić information content (AvgIpc) is 3.44. The number of hydrogen-bond donors (Lipinski definition) is 1. The second-order valence-electron chi connectivity index (χ2n) is 10.9. The number of anilines is 1. The minimum atomic E-state index is -1.24. The zero-order valence-electron chi connectivity index (χ0n) is 22.3. The molecule has 1 spiro atoms. The molecular weight excluding hydrogens is 508 g/mol. The van der Waals surface area contributed by atoms with Gasteiger partial charge in [0.15, 0.2) is 0 Å². The molecular formula is C29H37ClN2O6. The van der Waals surface area contributed by atoms with Crippen molar-refractivity contribution in [3.8, 4) is 0 Å². The second-order valence-corrected chi connectivity index (χ2v) is 11.3. The van der Waals surface area contributed by atoms with E-state index in [0.29, 0.717) is 30.0 Å². The number of esters is 1. The van der Waals surface area contributed by atoms with Crippen molar-refractivity contribution in [2.75, 3.05) is 24.7 Å². The Bertz CT molecular complexity index is 1120. The Morgan fingerprint density at radius 1 is 1.29 bits per heavy atom. The number of rotatable bonds is 11. The number of para-hydroxylation sites is 1. The van der Waals surface area contributed by atoms with Gasteiger partial charge in [-0.3, -0.25) is 14.4 Å². The van der Waals surface area contributed by atoms with E-state index in [1.54, 1.807) is 36.4 Å². The normalized spacial score (nSPS) is 30.3. The first kappa shape index (κ1) is 28.3. The van der Waals surface area contributed by atoms with Crippen molar-refractivity contribution >= 4 is 35.1 Å². The maximum atomic E-state index is 14.5. The van der Waals surface area contributed by atoms with Gasteiger partial charge in [0.1, 0.15) is 17.6 Å². The topological polar surface area (TPSA) is 96.4 Å². The molecule has 1 N–H and O–H groups in total. The molecule has 6 atom stereocenters. The van der Waals surface area contributed by atoms with Gasteiger partial charge in [-0.05, 0) is 44.2 Å². The summed E-state index contributed by atoms with van der Waals surface area (Å²) >= 11 is 6.50. The molecule has 0 aromatic heterocycles. The molecule has 4 rings (SSSR count). The lowest BCUT2D eigenvalue weighted by Crippen LogP contribution is -2.60. The van der Waals surface area contributed by atoms with Crippen LogP contribution in [0.2, 0.25) is 5.02 Å². The lowest BCUT2D eigenvalue weighted by molar-refractivity contribution is -0.160. The van der Waals surface area contributed by atoms with Gasteiger partial charge in [0.25, 0.3) is 5.91 Å². The predicted molar refractivity (Wildman–Crippen MR) is 145 cm³/mol. The van der Waals surface area contributed by atoms with Crippen molar-refractivity contribution in [3.05, 3.63) is 54.6 Å². The monoisotopic (exact) mass is 544 g/mol. The molecule has 2 bridgehead atoms. The van der Waals surface area contributed by atoms with Crippen molar-refractivity contribution in [1.29, 1.82) is 0 Å². The molecule has 3 heterocycles. The van der Waals surface area contributed by atoms with E-state index in [1.165, 1.54) is 9.80 Å². The molecule has 3 fully saturated rings. The molecule has 1 aromatic rings. The van der Waals surface area contributed by atoms with Gasteiger partial charge in [0.05, 0.1) is 41.5 Å². The maximum absolute atomic E-state index is 14.5. The van der Waals surface area contributed by atoms with Crippen molar-refractivity contribution in [3.63, 3.8) is 0 Å². The molecule has 8 nitrogen and oxygen atoms in total. The Morgan fingerprint density at radius 2 is 2.00 bits per heavy atom. The average molecular weight is 545 g/mol. The highest BCUT2D eigenvalue weighted by Gasteiger charge is 2.79. The molecule has 3 saturated heterocycles. The van der Waals surface area contributed by atoms with Gasteiger partial charge in [-0.25, -0.2) is 0 Å². The Kier molecular flexibility index (Phi) is 8.07. The van der Waals surface area contributed by atoms with E-state index >= 15 is 0 Å². The van der Waals surface area contributed by atoms with Crippen LogP contribution in [0.1, 0.15) is 40.0 Å². The van der Waals surface area contributed by atoms with Gasteiger partial charge < -0.3 is 24.4 Å². The summed E-state index contributed by atoms with van der Waals surface area (Å²) in [5, 5.41) is 10.8. The lowest BCUT2D eigenvalue weighted by Gasteiger charge is -2.40. The number of benzene rings is 1. The number of carbonyl (C=O) groups excluding carboxylic acids is 3. The van der Waals surface area contributed by atoms with Crippen LogP contribution in [0.4, 0.5) is 5.69 Å². The number of hydrogen-bond acceptors (Lipinski definition) is 6. The number of fused-ring (bicyclic) bond motifs is 1. The number of ether oxygens (including phenoxy) is 2. The van der Waals surface area contributed by atoms with E-state index in [4.69, 9.17) is 21.1 Å². The molecule has 9 heteroatoms. The number of aliphatic hydroxyl groups excluding tert-OH is 1. The highest BCUT2D eigenvalue weighted by atomic mass is 35.5. The maximum Gasteiger partial charge on any atom is 0.312 e. The van der Waals surface area contributed by atoms with E-state index in [2.05, 4.69) is 13.2 Å². The van der Waals surface area contributed by atoms with Gasteiger partial charge in [-0.1, -0.05) is 49.7 Å². The van der Waals surface area contributed by atoms with E-state index in [-0.39, 0.29) is 31.6 Å². The quantitative estimate of drug-likeness (QED) is 0.259. The largest absolute Gasteiger partial charge is 0.465 e. The molecule has 0 radical (unpaired) electrons. The zero-order chi connectivity index (χ0) is 27.8. The smallest absolute Gasteiger partial charge is 0.312 e. The van der Waals surface area contributed by atoms with E-state index in [1.807, 2.05) is 20.8 Å². The summed E-state index contributed by atoms with van der Waals surface area (Å²) in [6.45, 7) is 13.0. The summed E-state index contributed by atoms with van der Waals surface area (Å²) in [4.78, 5) is 45.1. The number of halogens is 1. The summed E-state index contributed by atoms with van der Waals surface area (Å²) in [6, 6.07) is 5.26. The molecule has 0 aliphatic carbocycles. The number of likely N-dealkylation sites (tertiary alicyclic amines) is 1. The summed E-state index contributed by atoms with van der Waals surface area (Å²) in [7, 11) is 0. The van der Waals surface area contributed by atoms with E-state index in [9.17, 15) is 19.5 Å². The highest BCUT2D eigenvalue weighted by Crippen LogP contribution is 2.64. The fraction of sp³-hybridized carbons (Fsp3) is 0.552. The summed E-state index contributed by atoms with van der Waals surface area (Å²) < 4.78 is 12.2. The van der Waals surface area contributed by atoms with Gasteiger partial charge in [0.2, 0.25) is 5.91 Å². The fourth-order valence-corrected chi connectivity index (χ4v) is 6.80. The van der Waals surface area contributed by atoms with Crippen molar-refractivity contribution < 1.29 is 29.0 Å². The third kappa shape index (κ3) is 4.36. The van der Waals surface area contributed by atoms with Gasteiger partial charge in [-0.2, -0.15) is 0 Å². The number of aliphatic hydroxyl groups is 1. The van der Waals surface area contributed by atoms with E-state index < -0.39 is 47.0 Å². The molecule has 38 heavy (non-hydrogen) atoms. The van der Waals surface area contributed by atoms with Gasteiger partial charge >= 0.3 is 5.97 Å². The molecule has 2 amide bonds. The van der Waals surface area contributed by atoms with Crippen LogP contribution in [-0.2, 0) is 23.9 Å². The highest BCUT2D eigenvalue weighted by molar-refractivity contribution is 6.34. The molecule has 0 saturated carbocycles. The molecule has 2 unspecified atom stereocenters. The molecule has 3 aliphatic rings. The number of nitrogens with zero attached hydrogens (tertiary/aromatic N) is 2. The summed E-state index contributed by atoms with van der Waals surface area (Å²) in [5.74, 6) is -3.21. The van der Waals surface area contributed by atoms with Crippen molar-refractivity contribution in [2.45, 2.75) is 63.3 Å². The van der Waals surface area contributed by atoms with Crippen LogP contribution in [-0.4, -0.2) is 70.8 Å². The Hall–Kier alpha value is -2.68. The lowest BCUT2D eigenvalue weighted by atomic mass is 9.66. The van der Waals surface area contributed by atoms with Crippen LogP contribution in [0.15, 0.2) is 49.6 Å².